The van der Waals surface area contributed by atoms with E-state index < -0.39 is 35.5 Å². The summed E-state index contributed by atoms with van der Waals surface area (Å²) >= 11 is 0. The van der Waals surface area contributed by atoms with Gasteiger partial charge in [-0.05, 0) is 62.5 Å². The smallest absolute Gasteiger partial charge is 0.316 e. The molecule has 0 radical (unpaired) electrons. The van der Waals surface area contributed by atoms with E-state index in [0.717, 1.165) is 37.7 Å². The molecule has 7 nitrogen and oxygen atoms in total. The molecule has 222 valence electrons. The van der Waals surface area contributed by atoms with E-state index in [1.807, 2.05) is 25.2 Å². The first-order chi connectivity index (χ1) is 19.1. The van der Waals surface area contributed by atoms with E-state index in [4.69, 9.17) is 23.7 Å². The van der Waals surface area contributed by atoms with Gasteiger partial charge in [0, 0.05) is 26.4 Å². The first-order valence-electron chi connectivity index (χ1n) is 15.2. The molecule has 4 aliphatic heterocycles. The molecule has 40 heavy (non-hydrogen) atoms. The van der Waals surface area contributed by atoms with Crippen LogP contribution < -0.4 is 0 Å². The molecule has 5 aliphatic rings. The zero-order chi connectivity index (χ0) is 28.7. The number of hydrogen-bond acceptors (Lipinski definition) is 7. The Morgan fingerprint density at radius 2 is 1.98 bits per heavy atom. The van der Waals surface area contributed by atoms with Gasteiger partial charge < -0.3 is 28.8 Å². The number of carbonyl (C=O) groups is 1. The van der Waals surface area contributed by atoms with Gasteiger partial charge in [0.25, 0.3) is 0 Å². The van der Waals surface area contributed by atoms with E-state index in [-0.39, 0.29) is 24.9 Å². The lowest BCUT2D eigenvalue weighted by Crippen LogP contribution is -2.58. The molecule has 0 aromatic heterocycles. The third-order valence-electron chi connectivity index (χ3n) is 9.72. The van der Waals surface area contributed by atoms with Crippen molar-refractivity contribution in [2.45, 2.75) is 121 Å². The lowest BCUT2D eigenvalue weighted by molar-refractivity contribution is -0.335. The largest absolute Gasteiger partial charge is 0.462 e. The molecule has 1 unspecified atom stereocenters. The Bertz CT molecular complexity index is 1070. The second-order valence-electron chi connectivity index (χ2n) is 12.9. The molecular weight excluding hydrogens is 508 g/mol. The van der Waals surface area contributed by atoms with E-state index in [0.29, 0.717) is 30.3 Å². The maximum Gasteiger partial charge on any atom is 0.316 e. The van der Waals surface area contributed by atoms with Crippen LogP contribution in [0.4, 0.5) is 0 Å². The quantitative estimate of drug-likeness (QED) is 0.351. The van der Waals surface area contributed by atoms with Crippen LogP contribution in [0.2, 0.25) is 0 Å². The van der Waals surface area contributed by atoms with Gasteiger partial charge in [0.1, 0.15) is 29.8 Å². The summed E-state index contributed by atoms with van der Waals surface area (Å²) in [5, 5.41) is 12.3. The second-order valence-corrected chi connectivity index (χ2v) is 12.9. The molecule has 0 saturated carbocycles. The first kappa shape index (κ1) is 29.7. The summed E-state index contributed by atoms with van der Waals surface area (Å²) in [6.45, 7) is 10.9. The Labute approximate surface area is 239 Å². The summed E-state index contributed by atoms with van der Waals surface area (Å²) in [6.07, 6.45) is 14.1. The van der Waals surface area contributed by atoms with E-state index in [1.54, 1.807) is 7.11 Å². The average Bonchev–Trinajstić information content (AvgIpc) is 3.24. The zero-order valence-corrected chi connectivity index (χ0v) is 25.1. The number of rotatable bonds is 2. The molecule has 5 rings (SSSR count). The molecule has 4 heterocycles. The molecule has 10 atom stereocenters. The summed E-state index contributed by atoms with van der Waals surface area (Å²) in [6, 6.07) is 0. The van der Waals surface area contributed by atoms with Crippen LogP contribution >= 0.6 is 0 Å². The Morgan fingerprint density at radius 3 is 2.73 bits per heavy atom. The van der Waals surface area contributed by atoms with Crippen molar-refractivity contribution in [2.75, 3.05) is 13.7 Å². The van der Waals surface area contributed by atoms with Crippen molar-refractivity contribution in [1.82, 2.24) is 0 Å². The number of ether oxygens (including phenoxy) is 5. The van der Waals surface area contributed by atoms with E-state index in [1.165, 1.54) is 5.57 Å². The van der Waals surface area contributed by atoms with E-state index >= 15 is 0 Å². The monoisotopic (exact) mass is 556 g/mol. The number of allylic oxidation sites excluding steroid dienone is 4. The van der Waals surface area contributed by atoms with E-state index in [9.17, 15) is 9.90 Å². The highest BCUT2D eigenvalue weighted by Gasteiger charge is 2.60. The minimum absolute atomic E-state index is 0.117. The van der Waals surface area contributed by atoms with Gasteiger partial charge in [0.15, 0.2) is 5.79 Å². The summed E-state index contributed by atoms with van der Waals surface area (Å²) in [5.74, 6) is -1.32. The van der Waals surface area contributed by atoms with Crippen LogP contribution in [0.3, 0.4) is 0 Å². The summed E-state index contributed by atoms with van der Waals surface area (Å²) < 4.78 is 31.5. The van der Waals surface area contributed by atoms with Crippen molar-refractivity contribution >= 4 is 5.97 Å². The number of fused-ring (bicyclic) bond motifs is 2. The Morgan fingerprint density at radius 1 is 1.18 bits per heavy atom. The maximum absolute atomic E-state index is 14.0. The third kappa shape index (κ3) is 5.65. The lowest BCUT2D eigenvalue weighted by atomic mass is 9.70. The Kier molecular flexibility index (Phi) is 8.80. The molecule has 0 amide bonds. The van der Waals surface area contributed by atoms with Gasteiger partial charge in [-0.2, -0.15) is 0 Å². The molecule has 0 aromatic rings. The van der Waals surface area contributed by atoms with Crippen LogP contribution in [0.1, 0.15) is 79.6 Å². The van der Waals surface area contributed by atoms with Crippen LogP contribution in [-0.4, -0.2) is 66.7 Å². The average molecular weight is 557 g/mol. The highest BCUT2D eigenvalue weighted by Crippen LogP contribution is 2.48. The standard InChI is InChI=1S/C33H48O7/c1-7-28-22(4)13-14-32(40-28)18-26-17-25(39-32)12-11-21(3)15-20(2)9-8-10-24-19-37-30-29(36-6)23(5)16-27(31(34)38-26)33(24,30)35/h8-11,16,20,22,25-30,35H,7,12-15,17-19H2,1-6H3/b9-8+,21-11+,24-10+/t20-,22-,25+,26-,27?,28+,29+,30+,32+,33+/m0/s1. The molecule has 2 bridgehead atoms. The molecule has 3 fully saturated rings. The molecule has 7 heteroatoms. The van der Waals surface area contributed by atoms with Crippen LogP contribution in [-0.2, 0) is 28.5 Å². The molecule has 1 aliphatic carbocycles. The van der Waals surface area contributed by atoms with Crippen molar-refractivity contribution in [3.05, 3.63) is 47.1 Å². The first-order valence-corrected chi connectivity index (χ1v) is 15.2. The van der Waals surface area contributed by atoms with Crippen LogP contribution in [0.15, 0.2) is 47.1 Å². The number of aliphatic hydroxyl groups is 1. The van der Waals surface area contributed by atoms with Crippen molar-refractivity contribution in [1.29, 1.82) is 0 Å². The molecule has 1 N–H and O–H groups in total. The lowest BCUT2D eigenvalue weighted by Gasteiger charge is -2.50. The highest BCUT2D eigenvalue weighted by molar-refractivity contribution is 5.78. The fraction of sp³-hybridized carbons (Fsp3) is 0.727. The maximum atomic E-state index is 14.0. The number of esters is 1. The number of carbonyl (C=O) groups excluding carboxylic acids is 1. The molecule has 1 spiro atoms. The van der Waals surface area contributed by atoms with Crippen molar-refractivity contribution in [3.8, 4) is 0 Å². The zero-order valence-electron chi connectivity index (χ0n) is 25.1. The Hall–Kier alpha value is -1.77. The fourth-order valence-electron chi connectivity index (χ4n) is 7.52. The van der Waals surface area contributed by atoms with Crippen LogP contribution in [0.25, 0.3) is 0 Å². The van der Waals surface area contributed by atoms with Gasteiger partial charge in [-0.25, -0.2) is 0 Å². The van der Waals surface area contributed by atoms with Gasteiger partial charge >= 0.3 is 5.97 Å². The number of hydrogen-bond donors (Lipinski definition) is 1. The third-order valence-corrected chi connectivity index (χ3v) is 9.72. The molecule has 3 saturated heterocycles. The SMILES string of the molecule is CC[C@H]1O[C@]2(CC[C@@H]1C)C[C@@H]1C[C@@H](C/C=C(\C)C[C@@H](C)/C=C/C=C3\CO[C@@H]4[C@H](OC)C(C)=CC(C(=O)O1)[C@]34O)O2. The van der Waals surface area contributed by atoms with E-state index in [2.05, 4.69) is 39.8 Å². The summed E-state index contributed by atoms with van der Waals surface area (Å²) in [4.78, 5) is 14.0. The molecule has 0 aromatic carbocycles. The van der Waals surface area contributed by atoms with Crippen LogP contribution in [0, 0.1) is 17.8 Å². The van der Waals surface area contributed by atoms with Crippen LogP contribution in [0.5, 0.6) is 0 Å². The van der Waals surface area contributed by atoms with Gasteiger partial charge in [-0.15, -0.1) is 0 Å². The minimum atomic E-state index is -1.55. The van der Waals surface area contributed by atoms with Crippen molar-refractivity contribution in [2.24, 2.45) is 17.8 Å². The predicted octanol–water partition coefficient (Wildman–Crippen LogP) is 5.58. The van der Waals surface area contributed by atoms with Gasteiger partial charge in [0.2, 0.25) is 0 Å². The topological polar surface area (TPSA) is 83.5 Å². The molecular formula is C33H48O7. The predicted molar refractivity (Wildman–Crippen MR) is 152 cm³/mol. The number of methoxy groups -OCH3 is 1. The Balaban J connectivity index is 1.52. The summed E-state index contributed by atoms with van der Waals surface area (Å²) in [7, 11) is 1.61. The van der Waals surface area contributed by atoms with Crippen molar-refractivity contribution < 1.29 is 33.6 Å². The summed E-state index contributed by atoms with van der Waals surface area (Å²) in [5.41, 5.74) is 1.28. The van der Waals surface area contributed by atoms with Gasteiger partial charge in [-0.3, -0.25) is 4.79 Å². The van der Waals surface area contributed by atoms with Gasteiger partial charge in [-0.1, -0.05) is 56.7 Å². The highest BCUT2D eigenvalue weighted by atomic mass is 16.7. The van der Waals surface area contributed by atoms with Crippen molar-refractivity contribution in [3.63, 3.8) is 0 Å². The second kappa shape index (κ2) is 11.8. The normalized spacial score (nSPS) is 47.8. The minimum Gasteiger partial charge on any atom is -0.462 e. The van der Waals surface area contributed by atoms with Gasteiger partial charge in [0.05, 0.1) is 18.8 Å². The fourth-order valence-corrected chi connectivity index (χ4v) is 7.52.